The third-order valence-corrected chi connectivity index (χ3v) is 5.58. The molecule has 0 aliphatic heterocycles. The topological polar surface area (TPSA) is 55.4 Å². The Balaban J connectivity index is 1.60. The number of hydrogen-bond donors (Lipinski definition) is 1. The predicted molar refractivity (Wildman–Crippen MR) is 111 cm³/mol. The standard InChI is InChI=1S/C23H26ClNO3/c1-2-16-9-13-19(14-10-16)25-22(26)20-5-3-4-6-21(20)23(27)28-15-17-7-11-18(24)12-8-17/h7-14,20-21H,2-6,15H2,1H3,(H,25,26)/t20-,21-/m0/s1. The molecule has 2 aromatic rings. The maximum Gasteiger partial charge on any atom is 0.310 e. The van der Waals surface area contributed by atoms with E-state index >= 15 is 0 Å². The third kappa shape index (κ3) is 5.35. The SMILES string of the molecule is CCc1ccc(NC(=O)[C@H]2CCCC[C@@H]2C(=O)OCc2ccc(Cl)cc2)cc1. The number of esters is 1. The predicted octanol–water partition coefficient (Wildman–Crippen LogP) is 5.39. The number of rotatable bonds is 6. The Morgan fingerprint density at radius 1 is 0.964 bits per heavy atom. The van der Waals surface area contributed by atoms with Gasteiger partial charge >= 0.3 is 5.97 Å². The van der Waals surface area contributed by atoms with Gasteiger partial charge in [-0.15, -0.1) is 0 Å². The molecule has 5 heteroatoms. The van der Waals surface area contributed by atoms with E-state index in [1.807, 2.05) is 36.4 Å². The Hall–Kier alpha value is -2.33. The highest BCUT2D eigenvalue weighted by Crippen LogP contribution is 2.32. The summed E-state index contributed by atoms with van der Waals surface area (Å²) in [6, 6.07) is 15.0. The van der Waals surface area contributed by atoms with E-state index in [0.29, 0.717) is 17.9 Å². The van der Waals surface area contributed by atoms with E-state index in [4.69, 9.17) is 16.3 Å². The van der Waals surface area contributed by atoms with Crippen LogP contribution in [0.2, 0.25) is 5.02 Å². The van der Waals surface area contributed by atoms with Crippen LogP contribution < -0.4 is 5.32 Å². The highest BCUT2D eigenvalue weighted by Gasteiger charge is 2.36. The van der Waals surface area contributed by atoms with Crippen molar-refractivity contribution in [2.45, 2.75) is 45.6 Å². The van der Waals surface area contributed by atoms with Crippen molar-refractivity contribution < 1.29 is 14.3 Å². The molecule has 1 aliphatic rings. The number of carbonyl (C=O) groups excluding carboxylic acids is 2. The van der Waals surface area contributed by atoms with E-state index in [-0.39, 0.29) is 24.4 Å². The quantitative estimate of drug-likeness (QED) is 0.662. The van der Waals surface area contributed by atoms with Crippen molar-refractivity contribution in [1.82, 2.24) is 0 Å². The van der Waals surface area contributed by atoms with Crippen LogP contribution in [0, 0.1) is 11.8 Å². The largest absolute Gasteiger partial charge is 0.461 e. The second-order valence-electron chi connectivity index (χ2n) is 7.27. The number of carbonyl (C=O) groups is 2. The van der Waals surface area contributed by atoms with E-state index in [9.17, 15) is 9.59 Å². The van der Waals surface area contributed by atoms with Gasteiger partial charge in [0.25, 0.3) is 0 Å². The van der Waals surface area contributed by atoms with Gasteiger partial charge in [0.05, 0.1) is 11.8 Å². The fraction of sp³-hybridized carbons (Fsp3) is 0.391. The summed E-state index contributed by atoms with van der Waals surface area (Å²) in [5.41, 5.74) is 2.87. The molecular formula is C23H26ClNO3. The molecule has 0 radical (unpaired) electrons. The minimum atomic E-state index is -0.393. The van der Waals surface area contributed by atoms with Crippen LogP contribution in [-0.4, -0.2) is 11.9 Å². The molecule has 28 heavy (non-hydrogen) atoms. The fourth-order valence-electron chi connectivity index (χ4n) is 3.63. The molecule has 4 nitrogen and oxygen atoms in total. The summed E-state index contributed by atoms with van der Waals surface area (Å²) in [5, 5.41) is 3.61. The van der Waals surface area contributed by atoms with Crippen molar-refractivity contribution in [2.75, 3.05) is 5.32 Å². The minimum Gasteiger partial charge on any atom is -0.461 e. The van der Waals surface area contributed by atoms with Gasteiger partial charge in [-0.2, -0.15) is 0 Å². The number of nitrogens with one attached hydrogen (secondary N) is 1. The molecule has 0 heterocycles. The van der Waals surface area contributed by atoms with Gasteiger partial charge in [0, 0.05) is 10.7 Å². The first-order valence-electron chi connectivity index (χ1n) is 9.87. The lowest BCUT2D eigenvalue weighted by Crippen LogP contribution is -2.37. The zero-order valence-electron chi connectivity index (χ0n) is 16.1. The van der Waals surface area contributed by atoms with Crippen LogP contribution in [0.15, 0.2) is 48.5 Å². The molecule has 0 spiro atoms. The number of anilines is 1. The van der Waals surface area contributed by atoms with Crippen LogP contribution in [-0.2, 0) is 27.4 Å². The second-order valence-corrected chi connectivity index (χ2v) is 7.71. The normalized spacial score (nSPS) is 19.1. The lowest BCUT2D eigenvalue weighted by atomic mass is 9.78. The zero-order chi connectivity index (χ0) is 19.9. The summed E-state index contributed by atoms with van der Waals surface area (Å²) >= 11 is 5.88. The summed E-state index contributed by atoms with van der Waals surface area (Å²) in [4.78, 5) is 25.5. The van der Waals surface area contributed by atoms with Crippen LogP contribution in [0.25, 0.3) is 0 Å². The lowest BCUT2D eigenvalue weighted by Gasteiger charge is -2.29. The number of ether oxygens (including phenoxy) is 1. The van der Waals surface area contributed by atoms with Crippen molar-refractivity contribution in [3.05, 3.63) is 64.7 Å². The summed E-state index contributed by atoms with van der Waals surface area (Å²) in [6.45, 7) is 2.29. The lowest BCUT2D eigenvalue weighted by molar-refractivity contribution is -0.155. The number of amides is 1. The highest BCUT2D eigenvalue weighted by atomic mass is 35.5. The van der Waals surface area contributed by atoms with Gasteiger partial charge in [-0.25, -0.2) is 0 Å². The first-order chi connectivity index (χ1) is 13.6. The van der Waals surface area contributed by atoms with E-state index < -0.39 is 5.92 Å². The molecule has 0 aromatic heterocycles. The highest BCUT2D eigenvalue weighted by molar-refractivity contribution is 6.30. The molecule has 1 saturated carbocycles. The van der Waals surface area contributed by atoms with Gasteiger partial charge in [0.1, 0.15) is 6.61 Å². The molecule has 1 N–H and O–H groups in total. The molecule has 2 atom stereocenters. The summed E-state index contributed by atoms with van der Waals surface area (Å²) in [5.74, 6) is -1.14. The minimum absolute atomic E-state index is 0.0996. The molecule has 1 fully saturated rings. The molecule has 148 valence electrons. The first kappa shape index (κ1) is 20.4. The molecule has 0 bridgehead atoms. The summed E-state index contributed by atoms with van der Waals surface area (Å²) < 4.78 is 5.51. The van der Waals surface area contributed by atoms with Crippen LogP contribution in [0.1, 0.15) is 43.7 Å². The number of halogens is 1. The average molecular weight is 400 g/mol. The smallest absolute Gasteiger partial charge is 0.310 e. The Morgan fingerprint density at radius 2 is 1.57 bits per heavy atom. The van der Waals surface area contributed by atoms with Crippen LogP contribution in [0.4, 0.5) is 5.69 Å². The molecule has 2 aromatic carbocycles. The molecule has 1 amide bonds. The van der Waals surface area contributed by atoms with Crippen LogP contribution in [0.5, 0.6) is 0 Å². The van der Waals surface area contributed by atoms with Crippen molar-refractivity contribution in [1.29, 1.82) is 0 Å². The number of hydrogen-bond acceptors (Lipinski definition) is 3. The monoisotopic (exact) mass is 399 g/mol. The summed E-state index contributed by atoms with van der Waals surface area (Å²) in [6.07, 6.45) is 4.24. The average Bonchev–Trinajstić information content (AvgIpc) is 2.73. The van der Waals surface area contributed by atoms with Crippen molar-refractivity contribution in [3.8, 4) is 0 Å². The Bertz CT molecular complexity index is 802. The van der Waals surface area contributed by atoms with Gasteiger partial charge in [-0.05, 0) is 54.7 Å². The van der Waals surface area contributed by atoms with E-state index in [1.54, 1.807) is 12.1 Å². The number of aryl methyl sites for hydroxylation is 1. The van der Waals surface area contributed by atoms with Gasteiger partial charge < -0.3 is 10.1 Å². The van der Waals surface area contributed by atoms with E-state index in [2.05, 4.69) is 12.2 Å². The van der Waals surface area contributed by atoms with Crippen LogP contribution in [0.3, 0.4) is 0 Å². The van der Waals surface area contributed by atoms with Gasteiger partial charge in [-0.3, -0.25) is 9.59 Å². The molecule has 0 saturated heterocycles. The molecule has 0 unspecified atom stereocenters. The molecule has 1 aliphatic carbocycles. The van der Waals surface area contributed by atoms with E-state index in [0.717, 1.165) is 30.5 Å². The van der Waals surface area contributed by atoms with Crippen molar-refractivity contribution >= 4 is 29.2 Å². The third-order valence-electron chi connectivity index (χ3n) is 5.33. The number of benzene rings is 2. The first-order valence-corrected chi connectivity index (χ1v) is 10.3. The summed E-state index contributed by atoms with van der Waals surface area (Å²) in [7, 11) is 0. The van der Waals surface area contributed by atoms with E-state index in [1.165, 1.54) is 5.56 Å². The Labute approximate surface area is 171 Å². The Morgan fingerprint density at radius 3 is 2.21 bits per heavy atom. The zero-order valence-corrected chi connectivity index (χ0v) is 16.9. The fourth-order valence-corrected chi connectivity index (χ4v) is 3.75. The van der Waals surface area contributed by atoms with Gasteiger partial charge in [0.2, 0.25) is 5.91 Å². The molecular weight excluding hydrogens is 374 g/mol. The molecule has 3 rings (SSSR count). The Kier molecular flexibility index (Phi) is 7.10. The van der Waals surface area contributed by atoms with Gasteiger partial charge in [-0.1, -0.05) is 55.6 Å². The van der Waals surface area contributed by atoms with Gasteiger partial charge in [0.15, 0.2) is 0 Å². The van der Waals surface area contributed by atoms with Crippen LogP contribution >= 0.6 is 11.6 Å². The van der Waals surface area contributed by atoms with Crippen molar-refractivity contribution in [2.24, 2.45) is 11.8 Å². The second kappa shape index (κ2) is 9.74. The maximum atomic E-state index is 12.8. The van der Waals surface area contributed by atoms with Crippen molar-refractivity contribution in [3.63, 3.8) is 0 Å². The maximum absolute atomic E-state index is 12.8.